The molecule has 1 unspecified atom stereocenters. The number of anilines is 1. The lowest BCUT2D eigenvalue weighted by atomic mass is 9.94. The van der Waals surface area contributed by atoms with Crippen molar-refractivity contribution in [2.45, 2.75) is 24.3 Å². The van der Waals surface area contributed by atoms with Crippen LogP contribution in [0.4, 0.5) is 5.69 Å². The van der Waals surface area contributed by atoms with Gasteiger partial charge in [0.2, 0.25) is 0 Å². The van der Waals surface area contributed by atoms with Crippen LogP contribution >= 0.6 is 11.6 Å². The molecule has 2 heterocycles. The van der Waals surface area contributed by atoms with Gasteiger partial charge in [-0.05, 0) is 36.8 Å². The zero-order valence-corrected chi connectivity index (χ0v) is 15.1. The molecule has 1 aromatic heterocycles. The van der Waals surface area contributed by atoms with Gasteiger partial charge in [0.05, 0.1) is 28.5 Å². The first kappa shape index (κ1) is 16.2. The van der Waals surface area contributed by atoms with Crippen LogP contribution in [0.2, 0.25) is 5.02 Å². The van der Waals surface area contributed by atoms with Crippen LogP contribution in [-0.4, -0.2) is 18.6 Å². The first-order chi connectivity index (χ1) is 12.0. The molecule has 128 valence electrons. The second kappa shape index (κ2) is 5.89. The molecule has 7 heteroatoms. The summed E-state index contributed by atoms with van der Waals surface area (Å²) in [6.45, 7) is 1.97. The fourth-order valence-corrected chi connectivity index (χ4v) is 5.19. The average Bonchev–Trinajstić information content (AvgIpc) is 3.10. The Morgan fingerprint density at radius 1 is 1.16 bits per heavy atom. The Bertz CT molecular complexity index is 1030. The monoisotopic (exact) mass is 373 g/mol. The third kappa shape index (κ3) is 2.44. The quantitative estimate of drug-likeness (QED) is 0.740. The van der Waals surface area contributed by atoms with Gasteiger partial charge in [-0.2, -0.15) is 5.10 Å². The minimum atomic E-state index is -3.74. The van der Waals surface area contributed by atoms with E-state index < -0.39 is 10.0 Å². The average molecular weight is 374 g/mol. The fraction of sp³-hybridized carbons (Fsp3) is 0.167. The highest BCUT2D eigenvalue weighted by atomic mass is 35.5. The molecule has 0 amide bonds. The number of benzene rings is 2. The molecule has 5 nitrogen and oxygen atoms in total. The molecule has 25 heavy (non-hydrogen) atoms. The minimum absolute atomic E-state index is 0.220. The van der Waals surface area contributed by atoms with Gasteiger partial charge in [0.1, 0.15) is 0 Å². The van der Waals surface area contributed by atoms with Crippen molar-refractivity contribution in [2.24, 2.45) is 0 Å². The van der Waals surface area contributed by atoms with Gasteiger partial charge in [-0.3, -0.25) is 9.40 Å². The van der Waals surface area contributed by atoms with Crippen molar-refractivity contribution in [2.75, 3.05) is 4.31 Å². The number of sulfonamides is 1. The lowest BCUT2D eigenvalue weighted by Gasteiger charge is -2.37. The molecule has 0 bridgehead atoms. The Morgan fingerprint density at radius 3 is 2.60 bits per heavy atom. The summed E-state index contributed by atoms with van der Waals surface area (Å²) in [4.78, 5) is 0.220. The number of hydrogen-bond acceptors (Lipinski definition) is 3. The zero-order valence-electron chi connectivity index (χ0n) is 13.5. The van der Waals surface area contributed by atoms with E-state index in [9.17, 15) is 8.42 Å². The number of aromatic nitrogens is 2. The van der Waals surface area contributed by atoms with E-state index in [0.717, 1.165) is 16.8 Å². The normalized spacial score (nSPS) is 16.4. The molecule has 1 atom stereocenters. The van der Waals surface area contributed by atoms with Crippen molar-refractivity contribution < 1.29 is 8.42 Å². The molecule has 0 fully saturated rings. The maximum Gasteiger partial charge on any atom is 0.264 e. The third-order valence-corrected chi connectivity index (χ3v) is 6.57. The standard InChI is InChI=1S/C18H16ClN3O2S/c1-2-16-15-11-20-21-18(15)14-5-3-4-6-17(14)22(16)25(23,24)13-9-7-12(19)8-10-13/h3-11,16H,2H2,1H3,(H,20,21). The topological polar surface area (TPSA) is 66.1 Å². The fourth-order valence-electron chi connectivity index (χ4n) is 3.34. The van der Waals surface area contributed by atoms with Crippen LogP contribution in [0.1, 0.15) is 24.9 Å². The molecule has 1 aliphatic rings. The molecule has 3 aromatic rings. The maximum atomic E-state index is 13.4. The van der Waals surface area contributed by atoms with E-state index in [1.165, 1.54) is 16.4 Å². The number of halogens is 1. The number of aromatic amines is 1. The zero-order chi connectivity index (χ0) is 17.6. The Labute approximate surface area is 151 Å². The summed E-state index contributed by atoms with van der Waals surface area (Å²) in [6.07, 6.45) is 2.34. The summed E-state index contributed by atoms with van der Waals surface area (Å²) in [7, 11) is -3.74. The predicted molar refractivity (Wildman–Crippen MR) is 98.2 cm³/mol. The second-order valence-corrected chi connectivity index (χ2v) is 8.15. The van der Waals surface area contributed by atoms with Crippen molar-refractivity contribution in [3.05, 3.63) is 65.3 Å². The number of hydrogen-bond donors (Lipinski definition) is 1. The Kier molecular flexibility index (Phi) is 3.81. The number of rotatable bonds is 3. The van der Waals surface area contributed by atoms with Crippen LogP contribution in [0.3, 0.4) is 0 Å². The van der Waals surface area contributed by atoms with Crippen LogP contribution < -0.4 is 4.31 Å². The first-order valence-corrected chi connectivity index (χ1v) is 9.78. The maximum absolute atomic E-state index is 13.4. The number of nitrogens with one attached hydrogen (secondary N) is 1. The molecule has 0 saturated carbocycles. The van der Waals surface area contributed by atoms with Gasteiger partial charge in [0.15, 0.2) is 0 Å². The van der Waals surface area contributed by atoms with Gasteiger partial charge < -0.3 is 0 Å². The van der Waals surface area contributed by atoms with Crippen molar-refractivity contribution in [1.29, 1.82) is 0 Å². The summed E-state index contributed by atoms with van der Waals surface area (Å²) < 4.78 is 28.3. The summed E-state index contributed by atoms with van der Waals surface area (Å²) >= 11 is 5.92. The molecular weight excluding hydrogens is 358 g/mol. The van der Waals surface area contributed by atoms with E-state index in [0.29, 0.717) is 17.1 Å². The largest absolute Gasteiger partial charge is 0.277 e. The summed E-state index contributed by atoms with van der Waals surface area (Å²) in [5, 5.41) is 7.65. The van der Waals surface area contributed by atoms with E-state index >= 15 is 0 Å². The third-order valence-electron chi connectivity index (χ3n) is 4.48. The van der Waals surface area contributed by atoms with E-state index in [4.69, 9.17) is 11.6 Å². The van der Waals surface area contributed by atoms with Crippen LogP contribution in [0.25, 0.3) is 11.3 Å². The van der Waals surface area contributed by atoms with E-state index in [1.54, 1.807) is 18.3 Å². The molecular formula is C18H16ClN3O2S. The van der Waals surface area contributed by atoms with Crippen LogP contribution in [0.5, 0.6) is 0 Å². The Balaban J connectivity index is 1.95. The molecule has 0 spiro atoms. The smallest absolute Gasteiger partial charge is 0.264 e. The molecule has 2 aromatic carbocycles. The van der Waals surface area contributed by atoms with E-state index in [2.05, 4.69) is 10.2 Å². The summed E-state index contributed by atoms with van der Waals surface area (Å²) in [5.41, 5.74) is 3.25. The minimum Gasteiger partial charge on any atom is -0.277 e. The van der Waals surface area contributed by atoms with Gasteiger partial charge >= 0.3 is 0 Å². The lowest BCUT2D eigenvalue weighted by Crippen LogP contribution is -2.37. The van der Waals surface area contributed by atoms with E-state index in [-0.39, 0.29) is 10.9 Å². The van der Waals surface area contributed by atoms with Crippen molar-refractivity contribution in [1.82, 2.24) is 10.2 Å². The van der Waals surface area contributed by atoms with Crippen LogP contribution in [0.15, 0.2) is 59.6 Å². The number of H-pyrrole nitrogens is 1. The molecule has 0 radical (unpaired) electrons. The highest BCUT2D eigenvalue weighted by molar-refractivity contribution is 7.92. The molecule has 4 rings (SSSR count). The molecule has 1 N–H and O–H groups in total. The van der Waals surface area contributed by atoms with Crippen molar-refractivity contribution in [3.8, 4) is 11.3 Å². The van der Waals surface area contributed by atoms with E-state index in [1.807, 2.05) is 31.2 Å². The predicted octanol–water partition coefficient (Wildman–Crippen LogP) is 4.39. The summed E-state index contributed by atoms with van der Waals surface area (Å²) in [6, 6.07) is 13.4. The van der Waals surface area contributed by atoms with Crippen molar-refractivity contribution >= 4 is 27.3 Å². The van der Waals surface area contributed by atoms with Gasteiger partial charge in [0, 0.05) is 16.1 Å². The lowest BCUT2D eigenvalue weighted by molar-refractivity contribution is 0.573. The molecule has 1 aliphatic heterocycles. The van der Waals surface area contributed by atoms with Crippen LogP contribution in [0, 0.1) is 0 Å². The highest BCUT2D eigenvalue weighted by Crippen LogP contribution is 2.47. The Hall–Kier alpha value is -2.31. The number of para-hydroxylation sites is 1. The first-order valence-electron chi connectivity index (χ1n) is 7.96. The van der Waals surface area contributed by atoms with Gasteiger partial charge in [-0.15, -0.1) is 0 Å². The Morgan fingerprint density at radius 2 is 1.88 bits per heavy atom. The second-order valence-electron chi connectivity index (χ2n) is 5.90. The molecule has 0 aliphatic carbocycles. The number of fused-ring (bicyclic) bond motifs is 3. The summed E-state index contributed by atoms with van der Waals surface area (Å²) in [5.74, 6) is 0. The van der Waals surface area contributed by atoms with Gasteiger partial charge in [-0.25, -0.2) is 8.42 Å². The van der Waals surface area contributed by atoms with Crippen LogP contribution in [-0.2, 0) is 10.0 Å². The van der Waals surface area contributed by atoms with Gasteiger partial charge in [0.25, 0.3) is 10.0 Å². The SMILES string of the molecule is CCC1c2cn[nH]c2-c2ccccc2N1S(=O)(=O)c1ccc(Cl)cc1. The van der Waals surface area contributed by atoms with Gasteiger partial charge in [-0.1, -0.05) is 36.7 Å². The highest BCUT2D eigenvalue weighted by Gasteiger charge is 2.39. The van der Waals surface area contributed by atoms with Crippen molar-refractivity contribution in [3.63, 3.8) is 0 Å². The molecule has 0 saturated heterocycles. The number of nitrogens with zero attached hydrogens (tertiary/aromatic N) is 2.